The first-order valence-electron chi connectivity index (χ1n) is 6.19. The molecule has 0 aliphatic carbocycles. The van der Waals surface area contributed by atoms with Gasteiger partial charge in [-0.1, -0.05) is 0 Å². The zero-order valence-corrected chi connectivity index (χ0v) is 12.0. The summed E-state index contributed by atoms with van der Waals surface area (Å²) in [4.78, 5) is 11.6. The Morgan fingerprint density at radius 2 is 2.05 bits per heavy atom. The van der Waals surface area contributed by atoms with Gasteiger partial charge in [-0.25, -0.2) is 0 Å². The first-order chi connectivity index (χ1) is 10.4. The second kappa shape index (κ2) is 5.20. The van der Waals surface area contributed by atoms with Crippen LogP contribution in [0.1, 0.15) is 11.1 Å². The topological polar surface area (TPSA) is 48.0 Å². The van der Waals surface area contributed by atoms with Gasteiger partial charge in [-0.05, 0) is 31.2 Å². The number of hydrogen-bond donors (Lipinski definition) is 0. The van der Waals surface area contributed by atoms with E-state index in [9.17, 15) is 18.0 Å². The van der Waals surface area contributed by atoms with Crippen molar-refractivity contribution in [2.45, 2.75) is 18.2 Å². The summed E-state index contributed by atoms with van der Waals surface area (Å²) in [5.41, 5.74) is -0.223. The molecule has 3 rings (SSSR count). The Bertz CT molecular complexity index is 899. The van der Waals surface area contributed by atoms with Crippen molar-refractivity contribution in [2.24, 2.45) is 0 Å². The number of aromatic nitrogens is 2. The van der Waals surface area contributed by atoms with E-state index >= 15 is 0 Å². The van der Waals surface area contributed by atoms with Crippen LogP contribution < -0.4 is 5.56 Å². The third-order valence-corrected chi connectivity index (χ3v) is 4.08. The normalized spacial score (nSPS) is 12.0. The molecule has 2 heterocycles. The molecule has 1 aromatic carbocycles. The number of alkyl halides is 3. The minimum Gasteiger partial charge on any atom is -0.448 e. The van der Waals surface area contributed by atoms with Gasteiger partial charge in [0.1, 0.15) is 5.58 Å². The lowest BCUT2D eigenvalue weighted by molar-refractivity contribution is -0.137. The molecule has 4 nitrogen and oxygen atoms in total. The van der Waals surface area contributed by atoms with Gasteiger partial charge in [0.05, 0.1) is 17.5 Å². The highest BCUT2D eigenvalue weighted by Crippen LogP contribution is 2.36. The van der Waals surface area contributed by atoms with Gasteiger partial charge >= 0.3 is 6.18 Å². The van der Waals surface area contributed by atoms with E-state index < -0.39 is 11.7 Å². The molecule has 8 heteroatoms. The monoisotopic (exact) mass is 326 g/mol. The number of benzene rings is 1. The summed E-state index contributed by atoms with van der Waals surface area (Å²) in [6, 6.07) is 6.11. The van der Waals surface area contributed by atoms with E-state index in [0.29, 0.717) is 21.6 Å². The molecule has 0 aliphatic heterocycles. The van der Waals surface area contributed by atoms with Gasteiger partial charge in [0.25, 0.3) is 5.56 Å². The lowest BCUT2D eigenvalue weighted by atomic mass is 10.1. The Morgan fingerprint density at radius 3 is 2.73 bits per heavy atom. The maximum absolute atomic E-state index is 12.8. The largest absolute Gasteiger partial charge is 0.448 e. The highest BCUT2D eigenvalue weighted by molar-refractivity contribution is 7.97. The second-order valence-corrected chi connectivity index (χ2v) is 5.45. The molecule has 0 bridgehead atoms. The van der Waals surface area contributed by atoms with E-state index in [2.05, 4.69) is 5.10 Å². The Balaban J connectivity index is 2.07. The first kappa shape index (κ1) is 14.7. The number of furan rings is 1. The Kier molecular flexibility index (Phi) is 3.48. The average Bonchev–Trinajstić information content (AvgIpc) is 2.77. The van der Waals surface area contributed by atoms with Crippen LogP contribution in [0.4, 0.5) is 13.2 Å². The summed E-state index contributed by atoms with van der Waals surface area (Å²) in [5.74, 6) is 0. The number of hydrogen-bond acceptors (Lipinski definition) is 4. The predicted octanol–water partition coefficient (Wildman–Crippen LogP) is 3.87. The maximum atomic E-state index is 12.8. The van der Waals surface area contributed by atoms with Crippen LogP contribution in [0.15, 0.2) is 50.8 Å². The van der Waals surface area contributed by atoms with Crippen molar-refractivity contribution in [3.8, 4) is 0 Å². The van der Waals surface area contributed by atoms with Gasteiger partial charge in [0, 0.05) is 23.2 Å². The zero-order chi connectivity index (χ0) is 15.9. The zero-order valence-electron chi connectivity index (χ0n) is 11.2. The van der Waals surface area contributed by atoms with Gasteiger partial charge in [-0.15, -0.1) is 0 Å². The van der Waals surface area contributed by atoms with E-state index in [1.807, 2.05) is 0 Å². The van der Waals surface area contributed by atoms with E-state index in [1.165, 1.54) is 24.4 Å². The molecule has 0 saturated carbocycles. The van der Waals surface area contributed by atoms with E-state index in [1.54, 1.807) is 6.92 Å². The van der Waals surface area contributed by atoms with Gasteiger partial charge < -0.3 is 4.42 Å². The molecular weight excluding hydrogens is 317 g/mol. The highest BCUT2D eigenvalue weighted by atomic mass is 32.2. The molecule has 0 aliphatic rings. The maximum Gasteiger partial charge on any atom is 0.416 e. The van der Waals surface area contributed by atoms with Crippen LogP contribution in [-0.2, 0) is 6.18 Å². The van der Waals surface area contributed by atoms with Crippen LogP contribution in [0.5, 0.6) is 0 Å². The quantitative estimate of drug-likeness (QED) is 0.717. The van der Waals surface area contributed by atoms with Gasteiger partial charge in [0.2, 0.25) is 0 Å². The lowest BCUT2D eigenvalue weighted by Crippen LogP contribution is -2.15. The SMILES string of the molecule is Cc1c(Sn2ncccc2=O)oc2ccc(C(F)(F)F)cc12. The molecule has 0 fully saturated rings. The van der Waals surface area contributed by atoms with Crippen LogP contribution in [0.25, 0.3) is 11.0 Å². The first-order valence-corrected chi connectivity index (χ1v) is 6.96. The summed E-state index contributed by atoms with van der Waals surface area (Å²) in [7, 11) is 0. The Morgan fingerprint density at radius 1 is 1.27 bits per heavy atom. The molecule has 0 saturated heterocycles. The van der Waals surface area contributed by atoms with Crippen LogP contribution in [0.3, 0.4) is 0 Å². The van der Waals surface area contributed by atoms with Gasteiger partial charge in [-0.3, -0.25) is 4.79 Å². The van der Waals surface area contributed by atoms with E-state index in [-0.39, 0.29) is 5.56 Å². The molecule has 2 aromatic heterocycles. The van der Waals surface area contributed by atoms with E-state index in [0.717, 1.165) is 28.2 Å². The number of fused-ring (bicyclic) bond motifs is 1. The number of rotatable bonds is 2. The molecule has 0 amide bonds. The van der Waals surface area contributed by atoms with Crippen molar-refractivity contribution in [2.75, 3.05) is 0 Å². The molecule has 0 atom stereocenters. The lowest BCUT2D eigenvalue weighted by Gasteiger charge is -2.05. The van der Waals surface area contributed by atoms with Crippen LogP contribution in [-0.4, -0.2) is 9.19 Å². The third-order valence-electron chi connectivity index (χ3n) is 3.07. The number of nitrogens with zero attached hydrogens (tertiary/aromatic N) is 2. The summed E-state index contributed by atoms with van der Waals surface area (Å²) in [5, 5.41) is 4.56. The average molecular weight is 326 g/mol. The summed E-state index contributed by atoms with van der Waals surface area (Å²) in [6.45, 7) is 1.64. The second-order valence-electron chi connectivity index (χ2n) is 4.55. The highest BCUT2D eigenvalue weighted by Gasteiger charge is 2.31. The Labute approximate surface area is 126 Å². The molecule has 0 N–H and O–H groups in total. The van der Waals surface area contributed by atoms with Crippen LogP contribution >= 0.6 is 11.9 Å². The summed E-state index contributed by atoms with van der Waals surface area (Å²) >= 11 is 0.925. The number of aryl methyl sites for hydroxylation is 1. The van der Waals surface area contributed by atoms with Crippen molar-refractivity contribution in [1.82, 2.24) is 9.19 Å². The molecule has 3 aromatic rings. The molecule has 22 heavy (non-hydrogen) atoms. The predicted molar refractivity (Wildman–Crippen MR) is 75.7 cm³/mol. The van der Waals surface area contributed by atoms with Crippen LogP contribution in [0.2, 0.25) is 0 Å². The van der Waals surface area contributed by atoms with Crippen molar-refractivity contribution < 1.29 is 17.6 Å². The smallest absolute Gasteiger partial charge is 0.416 e. The van der Waals surface area contributed by atoms with E-state index in [4.69, 9.17) is 4.42 Å². The fourth-order valence-electron chi connectivity index (χ4n) is 1.95. The molecular formula is C14H9F3N2O2S. The number of halogens is 3. The van der Waals surface area contributed by atoms with Crippen molar-refractivity contribution in [3.63, 3.8) is 0 Å². The van der Waals surface area contributed by atoms with Crippen molar-refractivity contribution in [3.05, 3.63) is 58.0 Å². The minimum atomic E-state index is -4.41. The molecule has 114 valence electrons. The molecule has 0 unspecified atom stereocenters. The fraction of sp³-hybridized carbons (Fsp3) is 0.143. The summed E-state index contributed by atoms with van der Waals surface area (Å²) in [6.07, 6.45) is -2.97. The molecule has 0 spiro atoms. The minimum absolute atomic E-state index is 0.329. The Hall–Kier alpha value is -2.22. The standard InChI is InChI=1S/C14H9F3N2O2S/c1-8-10-7-9(14(15,16)17)4-5-11(10)21-13(8)22-19-12(20)3-2-6-18-19/h2-7H,1H3. The molecule has 0 radical (unpaired) electrons. The van der Waals surface area contributed by atoms with Gasteiger partial charge in [0.15, 0.2) is 5.09 Å². The summed E-state index contributed by atoms with van der Waals surface area (Å²) < 4.78 is 44.9. The van der Waals surface area contributed by atoms with Gasteiger partial charge in [-0.2, -0.15) is 22.4 Å². The fourth-order valence-corrected chi connectivity index (χ4v) is 2.74. The van der Waals surface area contributed by atoms with Crippen molar-refractivity contribution >= 4 is 22.9 Å². The third kappa shape index (κ3) is 2.61. The van der Waals surface area contributed by atoms with Crippen LogP contribution in [0, 0.1) is 6.92 Å². The van der Waals surface area contributed by atoms with Crippen molar-refractivity contribution in [1.29, 1.82) is 0 Å².